The van der Waals surface area contributed by atoms with E-state index in [0.29, 0.717) is 5.16 Å². The number of nitrogens with zero attached hydrogens (tertiary/aromatic N) is 4. The maximum Gasteiger partial charge on any atom is 0.230 e. The molecule has 3 aromatic rings. The summed E-state index contributed by atoms with van der Waals surface area (Å²) >= 11 is 2.96. The van der Waals surface area contributed by atoms with Crippen LogP contribution in [0.3, 0.4) is 0 Å². The number of rotatable bonds is 6. The fraction of sp³-hybridized carbons (Fsp3) is 0.294. The Morgan fingerprint density at radius 2 is 2.16 bits per heavy atom. The molecule has 0 spiro atoms. The Balaban J connectivity index is 1.66. The lowest BCUT2D eigenvalue weighted by Crippen LogP contribution is -2.27. The van der Waals surface area contributed by atoms with Crippen LogP contribution in [-0.4, -0.2) is 31.9 Å². The Kier molecular flexibility index (Phi) is 5.50. The summed E-state index contributed by atoms with van der Waals surface area (Å²) in [7, 11) is 0. The summed E-state index contributed by atoms with van der Waals surface area (Å²) in [4.78, 5) is 13.3. The Bertz CT molecular complexity index is 860. The summed E-state index contributed by atoms with van der Waals surface area (Å²) in [5.74, 6) is 0.224. The number of thioether (sulfide) groups is 1. The van der Waals surface area contributed by atoms with Gasteiger partial charge in [-0.15, -0.1) is 16.4 Å². The van der Waals surface area contributed by atoms with Crippen molar-refractivity contribution in [2.45, 2.75) is 32.0 Å². The van der Waals surface area contributed by atoms with Crippen LogP contribution in [0.2, 0.25) is 0 Å². The summed E-state index contributed by atoms with van der Waals surface area (Å²) < 4.78 is 1.68. The van der Waals surface area contributed by atoms with Crippen LogP contribution in [0.1, 0.15) is 29.0 Å². The summed E-state index contributed by atoms with van der Waals surface area (Å²) in [6.45, 7) is 6.07. The van der Waals surface area contributed by atoms with Crippen LogP contribution in [-0.2, 0) is 4.79 Å². The van der Waals surface area contributed by atoms with E-state index in [1.54, 1.807) is 16.0 Å². The predicted octanol–water partition coefficient (Wildman–Crippen LogP) is 3.31. The van der Waals surface area contributed by atoms with Crippen molar-refractivity contribution in [3.05, 3.63) is 51.7 Å². The average Bonchev–Trinajstić information content (AvgIpc) is 3.27. The van der Waals surface area contributed by atoms with Crippen molar-refractivity contribution < 1.29 is 4.79 Å². The first kappa shape index (κ1) is 17.6. The van der Waals surface area contributed by atoms with Crippen LogP contribution in [0.25, 0.3) is 5.69 Å². The first-order valence-corrected chi connectivity index (χ1v) is 9.73. The SMILES string of the molecule is Cc1cccc(-n2nnnc2SCC(=O)N[C@@H](C)c2cccs2)c1C. The molecule has 0 saturated carbocycles. The molecule has 0 aliphatic heterocycles. The van der Waals surface area contributed by atoms with E-state index in [9.17, 15) is 4.79 Å². The summed E-state index contributed by atoms with van der Waals surface area (Å²) in [5, 5.41) is 17.5. The van der Waals surface area contributed by atoms with Crippen molar-refractivity contribution in [1.29, 1.82) is 0 Å². The summed E-state index contributed by atoms with van der Waals surface area (Å²) in [6, 6.07) is 10.0. The summed E-state index contributed by atoms with van der Waals surface area (Å²) in [6.07, 6.45) is 0. The van der Waals surface area contributed by atoms with Gasteiger partial charge in [0.1, 0.15) is 0 Å². The quantitative estimate of drug-likeness (QED) is 0.671. The third kappa shape index (κ3) is 4.08. The van der Waals surface area contributed by atoms with Gasteiger partial charge in [-0.1, -0.05) is 30.0 Å². The molecule has 1 amide bonds. The largest absolute Gasteiger partial charge is 0.348 e. The molecule has 0 fully saturated rings. The number of benzene rings is 1. The second kappa shape index (κ2) is 7.79. The highest BCUT2D eigenvalue weighted by molar-refractivity contribution is 7.99. The van der Waals surface area contributed by atoms with E-state index in [2.05, 4.69) is 33.8 Å². The molecule has 0 unspecified atom stereocenters. The number of carbonyl (C=O) groups is 1. The van der Waals surface area contributed by atoms with Crippen LogP contribution in [0.5, 0.6) is 0 Å². The number of nitrogens with one attached hydrogen (secondary N) is 1. The van der Waals surface area contributed by atoms with Gasteiger partial charge in [0.2, 0.25) is 11.1 Å². The van der Waals surface area contributed by atoms with E-state index in [-0.39, 0.29) is 17.7 Å². The van der Waals surface area contributed by atoms with Gasteiger partial charge in [0, 0.05) is 4.88 Å². The smallest absolute Gasteiger partial charge is 0.230 e. The molecule has 1 N–H and O–H groups in total. The monoisotopic (exact) mass is 373 g/mol. The molecule has 2 heterocycles. The maximum atomic E-state index is 12.2. The number of amides is 1. The normalized spacial score (nSPS) is 12.1. The zero-order chi connectivity index (χ0) is 17.8. The molecule has 0 saturated heterocycles. The number of aryl methyl sites for hydroxylation is 1. The molecule has 3 rings (SSSR count). The Labute approximate surface area is 154 Å². The van der Waals surface area contributed by atoms with Gasteiger partial charge in [-0.2, -0.15) is 4.68 Å². The number of hydrogen-bond donors (Lipinski definition) is 1. The molecule has 0 aliphatic rings. The zero-order valence-corrected chi connectivity index (χ0v) is 15.9. The third-order valence-electron chi connectivity index (χ3n) is 3.92. The van der Waals surface area contributed by atoms with E-state index in [0.717, 1.165) is 16.1 Å². The number of carbonyl (C=O) groups excluding carboxylic acids is 1. The van der Waals surface area contributed by atoms with Gasteiger partial charge in [-0.25, -0.2) is 0 Å². The zero-order valence-electron chi connectivity index (χ0n) is 14.3. The minimum atomic E-state index is -0.0404. The first-order chi connectivity index (χ1) is 12.1. The summed E-state index contributed by atoms with van der Waals surface area (Å²) in [5.41, 5.74) is 3.22. The Morgan fingerprint density at radius 1 is 1.32 bits per heavy atom. The minimum Gasteiger partial charge on any atom is -0.348 e. The molecule has 2 aromatic heterocycles. The van der Waals surface area contributed by atoms with Gasteiger partial charge in [-0.05, 0) is 59.8 Å². The average molecular weight is 374 g/mol. The molecule has 0 bridgehead atoms. The van der Waals surface area contributed by atoms with Crippen LogP contribution in [0.15, 0.2) is 40.9 Å². The molecule has 8 heteroatoms. The highest BCUT2D eigenvalue weighted by Crippen LogP contribution is 2.23. The van der Waals surface area contributed by atoms with E-state index in [1.807, 2.05) is 43.5 Å². The van der Waals surface area contributed by atoms with E-state index >= 15 is 0 Å². The van der Waals surface area contributed by atoms with Crippen molar-refractivity contribution in [3.63, 3.8) is 0 Å². The molecule has 0 radical (unpaired) electrons. The van der Waals surface area contributed by atoms with Gasteiger partial charge >= 0.3 is 0 Å². The number of tetrazole rings is 1. The maximum absolute atomic E-state index is 12.2. The topological polar surface area (TPSA) is 72.7 Å². The van der Waals surface area contributed by atoms with Crippen LogP contribution in [0.4, 0.5) is 0 Å². The van der Waals surface area contributed by atoms with Crippen molar-refractivity contribution >= 4 is 29.0 Å². The lowest BCUT2D eigenvalue weighted by atomic mass is 10.1. The van der Waals surface area contributed by atoms with E-state index in [4.69, 9.17) is 0 Å². The second-order valence-corrected chi connectivity index (χ2v) is 7.61. The molecule has 1 aromatic carbocycles. The van der Waals surface area contributed by atoms with Crippen LogP contribution in [0, 0.1) is 13.8 Å². The van der Waals surface area contributed by atoms with Gasteiger partial charge in [0.05, 0.1) is 17.5 Å². The van der Waals surface area contributed by atoms with E-state index < -0.39 is 0 Å². The number of hydrogen-bond acceptors (Lipinski definition) is 6. The van der Waals surface area contributed by atoms with Crippen molar-refractivity contribution in [1.82, 2.24) is 25.5 Å². The Morgan fingerprint density at radius 3 is 2.92 bits per heavy atom. The van der Waals surface area contributed by atoms with E-state index in [1.165, 1.54) is 17.3 Å². The van der Waals surface area contributed by atoms with Crippen LogP contribution >= 0.6 is 23.1 Å². The number of thiophene rings is 1. The van der Waals surface area contributed by atoms with Gasteiger partial charge in [-0.3, -0.25) is 4.79 Å². The molecule has 6 nitrogen and oxygen atoms in total. The standard InChI is InChI=1S/C17H19N5OS2/c1-11-6-4-7-14(12(11)2)22-17(19-20-21-22)25-10-16(23)18-13(3)15-8-5-9-24-15/h4-9,13H,10H2,1-3H3,(H,18,23)/t13-/m0/s1. The van der Waals surface area contributed by atoms with Crippen molar-refractivity contribution in [2.24, 2.45) is 0 Å². The predicted molar refractivity (Wildman–Crippen MR) is 100 cm³/mol. The molecule has 1 atom stereocenters. The fourth-order valence-corrected chi connectivity index (χ4v) is 3.84. The molecule has 130 valence electrons. The fourth-order valence-electron chi connectivity index (χ4n) is 2.41. The highest BCUT2D eigenvalue weighted by Gasteiger charge is 2.15. The molecule has 25 heavy (non-hydrogen) atoms. The van der Waals surface area contributed by atoms with Gasteiger partial charge in [0.15, 0.2) is 0 Å². The highest BCUT2D eigenvalue weighted by atomic mass is 32.2. The molecule has 0 aliphatic carbocycles. The number of aromatic nitrogens is 4. The Hall–Kier alpha value is -2.19. The lowest BCUT2D eigenvalue weighted by Gasteiger charge is -2.12. The second-order valence-electron chi connectivity index (χ2n) is 5.69. The minimum absolute atomic E-state index is 0.00288. The molecular formula is C17H19N5OS2. The third-order valence-corrected chi connectivity index (χ3v) is 5.90. The van der Waals surface area contributed by atoms with Crippen LogP contribution < -0.4 is 5.32 Å². The van der Waals surface area contributed by atoms with Gasteiger partial charge < -0.3 is 5.32 Å². The molecular weight excluding hydrogens is 354 g/mol. The van der Waals surface area contributed by atoms with Crippen molar-refractivity contribution in [2.75, 3.05) is 5.75 Å². The lowest BCUT2D eigenvalue weighted by molar-refractivity contribution is -0.119. The first-order valence-electron chi connectivity index (χ1n) is 7.87. The van der Waals surface area contributed by atoms with Crippen molar-refractivity contribution in [3.8, 4) is 5.69 Å². The van der Waals surface area contributed by atoms with Gasteiger partial charge in [0.25, 0.3) is 0 Å².